The van der Waals surface area contributed by atoms with Gasteiger partial charge in [-0.05, 0) is 37.1 Å². The summed E-state index contributed by atoms with van der Waals surface area (Å²) in [5, 5.41) is 3.54. The summed E-state index contributed by atoms with van der Waals surface area (Å²) in [4.78, 5) is 4.35. The second-order valence-electron chi connectivity index (χ2n) is 5.80. The number of nitrogens with zero attached hydrogens (tertiary/aromatic N) is 1. The van der Waals surface area contributed by atoms with Gasteiger partial charge in [-0.2, -0.15) is 0 Å². The maximum absolute atomic E-state index is 6.21. The molecule has 1 saturated carbocycles. The van der Waals surface area contributed by atoms with Crippen LogP contribution in [0.2, 0.25) is 0 Å². The van der Waals surface area contributed by atoms with Crippen LogP contribution >= 0.6 is 0 Å². The van der Waals surface area contributed by atoms with E-state index in [4.69, 9.17) is 10.5 Å². The van der Waals surface area contributed by atoms with Gasteiger partial charge in [-0.3, -0.25) is 0 Å². The molecule has 115 valence electrons. The molecule has 3 N–H and O–H groups in total. The Morgan fingerprint density at radius 3 is 2.95 bits per heavy atom. The minimum absolute atomic E-state index is 0.224. The van der Waals surface area contributed by atoms with Gasteiger partial charge in [0.2, 0.25) is 0 Å². The molecule has 22 heavy (non-hydrogen) atoms. The van der Waals surface area contributed by atoms with Crippen molar-refractivity contribution >= 4 is 5.69 Å². The summed E-state index contributed by atoms with van der Waals surface area (Å²) in [5.74, 6) is 0.826. The summed E-state index contributed by atoms with van der Waals surface area (Å²) in [5.41, 5.74) is 9.14. The molecule has 1 fully saturated rings. The number of methoxy groups -OCH3 is 1. The van der Waals surface area contributed by atoms with Crippen LogP contribution in [0.5, 0.6) is 5.75 Å². The second kappa shape index (κ2) is 6.79. The Bertz CT molecular complexity index is 629. The smallest absolute Gasteiger partial charge is 0.119 e. The first-order valence-corrected chi connectivity index (χ1v) is 7.81. The Morgan fingerprint density at radius 2 is 2.14 bits per heavy atom. The van der Waals surface area contributed by atoms with Gasteiger partial charge in [0.1, 0.15) is 5.75 Å². The van der Waals surface area contributed by atoms with E-state index in [0.717, 1.165) is 35.5 Å². The SMILES string of the molecule is COc1cccc(-c2cc(N[C@@H]3CCCC[C@@H]3N)c[c]n2)c1. The molecule has 1 radical (unpaired) electrons. The van der Waals surface area contributed by atoms with Crippen molar-refractivity contribution in [3.63, 3.8) is 0 Å². The fraction of sp³-hybridized carbons (Fsp3) is 0.389. The number of nitrogens with one attached hydrogen (secondary N) is 1. The molecule has 0 bridgehead atoms. The van der Waals surface area contributed by atoms with Gasteiger partial charge in [0.15, 0.2) is 0 Å². The molecule has 1 aliphatic rings. The molecule has 0 amide bonds. The lowest BCUT2D eigenvalue weighted by molar-refractivity contribution is 0.404. The molecule has 0 spiro atoms. The molecule has 0 saturated heterocycles. The van der Waals surface area contributed by atoms with Gasteiger partial charge in [0, 0.05) is 23.3 Å². The molecule has 4 nitrogen and oxygen atoms in total. The Morgan fingerprint density at radius 1 is 1.27 bits per heavy atom. The third-order valence-electron chi connectivity index (χ3n) is 4.23. The Hall–Kier alpha value is -2.07. The van der Waals surface area contributed by atoms with Gasteiger partial charge in [-0.15, -0.1) is 0 Å². The number of hydrogen-bond donors (Lipinski definition) is 2. The molecule has 0 unspecified atom stereocenters. The minimum Gasteiger partial charge on any atom is -0.497 e. The molecule has 2 atom stereocenters. The highest BCUT2D eigenvalue weighted by molar-refractivity contribution is 5.65. The molecule has 1 aromatic heterocycles. The van der Waals surface area contributed by atoms with Crippen LogP contribution in [0, 0.1) is 6.20 Å². The van der Waals surface area contributed by atoms with Crippen LogP contribution < -0.4 is 15.8 Å². The largest absolute Gasteiger partial charge is 0.497 e. The van der Waals surface area contributed by atoms with Crippen molar-refractivity contribution in [3.05, 3.63) is 42.6 Å². The number of benzene rings is 1. The van der Waals surface area contributed by atoms with E-state index in [1.165, 1.54) is 12.8 Å². The van der Waals surface area contributed by atoms with Crippen LogP contribution in [0.15, 0.2) is 36.4 Å². The van der Waals surface area contributed by atoms with E-state index in [1.54, 1.807) is 7.11 Å². The molecule has 1 heterocycles. The number of rotatable bonds is 4. The van der Waals surface area contributed by atoms with E-state index >= 15 is 0 Å². The summed E-state index contributed by atoms with van der Waals surface area (Å²) in [6.07, 6.45) is 7.66. The third-order valence-corrected chi connectivity index (χ3v) is 4.23. The highest BCUT2D eigenvalue weighted by Gasteiger charge is 2.21. The zero-order valence-corrected chi connectivity index (χ0v) is 12.9. The highest BCUT2D eigenvalue weighted by atomic mass is 16.5. The number of hydrogen-bond acceptors (Lipinski definition) is 4. The average molecular weight is 296 g/mol. The van der Waals surface area contributed by atoms with Gasteiger partial charge in [0.25, 0.3) is 0 Å². The van der Waals surface area contributed by atoms with E-state index < -0.39 is 0 Å². The van der Waals surface area contributed by atoms with Crippen LogP contribution in [0.25, 0.3) is 11.3 Å². The summed E-state index contributed by atoms with van der Waals surface area (Å²) in [6.45, 7) is 0. The molecular formula is C18H22N3O. The van der Waals surface area contributed by atoms with Crippen molar-refractivity contribution < 1.29 is 4.74 Å². The number of ether oxygens (including phenoxy) is 1. The van der Waals surface area contributed by atoms with Crippen LogP contribution in [-0.4, -0.2) is 24.2 Å². The summed E-state index contributed by atoms with van der Waals surface area (Å²) in [7, 11) is 1.67. The minimum atomic E-state index is 0.224. The van der Waals surface area contributed by atoms with Gasteiger partial charge in [-0.25, -0.2) is 4.98 Å². The van der Waals surface area contributed by atoms with Crippen molar-refractivity contribution in [2.24, 2.45) is 5.73 Å². The summed E-state index contributed by atoms with van der Waals surface area (Å²) >= 11 is 0. The van der Waals surface area contributed by atoms with E-state index in [9.17, 15) is 0 Å². The molecule has 4 heteroatoms. The zero-order chi connectivity index (χ0) is 15.4. The average Bonchev–Trinajstić information content (AvgIpc) is 2.57. The summed E-state index contributed by atoms with van der Waals surface area (Å²) in [6, 6.07) is 12.4. The van der Waals surface area contributed by atoms with E-state index in [0.29, 0.717) is 6.04 Å². The van der Waals surface area contributed by atoms with Crippen molar-refractivity contribution in [1.29, 1.82) is 0 Å². The molecule has 3 rings (SSSR count). The number of pyridine rings is 1. The fourth-order valence-electron chi connectivity index (χ4n) is 2.96. The van der Waals surface area contributed by atoms with Crippen LogP contribution in [-0.2, 0) is 0 Å². The topological polar surface area (TPSA) is 60.2 Å². The lowest BCUT2D eigenvalue weighted by Crippen LogP contribution is -2.42. The standard InChI is InChI=1S/C18H22N3O/c1-22-15-6-4-5-13(11-15)18-12-14(9-10-20-18)21-17-8-3-2-7-16(17)19/h4-6,9,11-12,16-17H,2-3,7-8,19H2,1H3,(H,20,21)/t16-,17+/m0/s1. The normalized spacial score (nSPS) is 21.4. The van der Waals surface area contributed by atoms with E-state index in [1.807, 2.05) is 36.4 Å². The highest BCUT2D eigenvalue weighted by Crippen LogP contribution is 2.26. The van der Waals surface area contributed by atoms with E-state index in [2.05, 4.69) is 16.5 Å². The predicted octanol–water partition coefficient (Wildman–Crippen LogP) is 3.24. The van der Waals surface area contributed by atoms with Gasteiger partial charge in [-0.1, -0.05) is 25.0 Å². The second-order valence-corrected chi connectivity index (χ2v) is 5.80. The lowest BCUT2D eigenvalue weighted by atomic mass is 9.91. The third kappa shape index (κ3) is 3.39. The predicted molar refractivity (Wildman–Crippen MR) is 88.9 cm³/mol. The first-order chi connectivity index (χ1) is 10.8. The van der Waals surface area contributed by atoms with Crippen LogP contribution in [0.4, 0.5) is 5.69 Å². The molecule has 1 aliphatic carbocycles. The van der Waals surface area contributed by atoms with Gasteiger partial charge < -0.3 is 15.8 Å². The molecular weight excluding hydrogens is 274 g/mol. The molecule has 1 aromatic carbocycles. The Labute approximate surface area is 131 Å². The zero-order valence-electron chi connectivity index (χ0n) is 12.9. The monoisotopic (exact) mass is 296 g/mol. The van der Waals surface area contributed by atoms with Gasteiger partial charge in [0.05, 0.1) is 19.0 Å². The number of nitrogens with two attached hydrogens (primary N) is 1. The Kier molecular flexibility index (Phi) is 4.59. The fourth-order valence-corrected chi connectivity index (χ4v) is 2.96. The van der Waals surface area contributed by atoms with Gasteiger partial charge >= 0.3 is 0 Å². The first kappa shape index (κ1) is 14.9. The lowest BCUT2D eigenvalue weighted by Gasteiger charge is -2.30. The first-order valence-electron chi connectivity index (χ1n) is 7.81. The van der Waals surface area contributed by atoms with Crippen LogP contribution in [0.1, 0.15) is 25.7 Å². The molecule has 2 aromatic rings. The van der Waals surface area contributed by atoms with Crippen molar-refractivity contribution in [3.8, 4) is 17.0 Å². The van der Waals surface area contributed by atoms with Crippen LogP contribution in [0.3, 0.4) is 0 Å². The number of anilines is 1. The maximum Gasteiger partial charge on any atom is 0.119 e. The molecule has 0 aliphatic heterocycles. The number of aromatic nitrogens is 1. The Balaban J connectivity index is 1.79. The van der Waals surface area contributed by atoms with Crippen molar-refractivity contribution in [2.75, 3.05) is 12.4 Å². The summed E-state index contributed by atoms with van der Waals surface area (Å²) < 4.78 is 5.27. The quantitative estimate of drug-likeness (QED) is 0.909. The van der Waals surface area contributed by atoms with Crippen molar-refractivity contribution in [2.45, 2.75) is 37.8 Å². The van der Waals surface area contributed by atoms with Crippen molar-refractivity contribution in [1.82, 2.24) is 4.98 Å². The maximum atomic E-state index is 6.21. The van der Waals surface area contributed by atoms with E-state index in [-0.39, 0.29) is 6.04 Å².